The number of allylic oxidation sites excluding steroid dienone is 1. The Kier molecular flexibility index (Phi) is 2.38. The van der Waals surface area contributed by atoms with E-state index in [1.165, 1.54) is 12.1 Å². The molecule has 0 aromatic heterocycles. The van der Waals surface area contributed by atoms with Gasteiger partial charge in [-0.15, -0.1) is 0 Å². The molecule has 12 heavy (non-hydrogen) atoms. The molecular weight excluding hydrogens is 153 g/mol. The van der Waals surface area contributed by atoms with Crippen LogP contribution in [0.1, 0.15) is 11.1 Å². The van der Waals surface area contributed by atoms with Gasteiger partial charge < -0.3 is 5.41 Å². The highest BCUT2D eigenvalue weighted by molar-refractivity contribution is 6.06. The lowest BCUT2D eigenvalue weighted by molar-refractivity contribution is 0.618. The maximum atomic E-state index is 12.8. The standard InChI is InChI=1S/C10H10FN/c1-3-10(12)8-4-5-9(11)7(2)6-8/h3-6,12H,1H2,2H3. The molecule has 0 fully saturated rings. The molecule has 0 aliphatic carbocycles. The molecule has 1 N–H and O–H groups in total. The van der Waals surface area contributed by atoms with Gasteiger partial charge in [-0.05, 0) is 42.3 Å². The summed E-state index contributed by atoms with van der Waals surface area (Å²) in [6.07, 6.45) is 1.44. The molecule has 1 nitrogen and oxygen atoms in total. The van der Waals surface area contributed by atoms with Crippen LogP contribution >= 0.6 is 0 Å². The lowest BCUT2D eigenvalue weighted by Crippen LogP contribution is -1.95. The molecule has 0 heterocycles. The molecule has 1 aromatic carbocycles. The van der Waals surface area contributed by atoms with E-state index in [0.29, 0.717) is 16.8 Å². The van der Waals surface area contributed by atoms with Crippen molar-refractivity contribution in [2.75, 3.05) is 0 Å². The van der Waals surface area contributed by atoms with Crippen LogP contribution in [0.5, 0.6) is 0 Å². The summed E-state index contributed by atoms with van der Waals surface area (Å²) in [7, 11) is 0. The zero-order valence-electron chi connectivity index (χ0n) is 6.89. The Morgan fingerprint density at radius 3 is 2.75 bits per heavy atom. The Balaban J connectivity index is 3.13. The van der Waals surface area contributed by atoms with E-state index in [2.05, 4.69) is 6.58 Å². The van der Waals surface area contributed by atoms with E-state index in [0.717, 1.165) is 0 Å². The van der Waals surface area contributed by atoms with Crippen molar-refractivity contribution in [3.63, 3.8) is 0 Å². The van der Waals surface area contributed by atoms with Crippen molar-refractivity contribution < 1.29 is 4.39 Å². The lowest BCUT2D eigenvalue weighted by atomic mass is 10.1. The second-order valence-corrected chi connectivity index (χ2v) is 2.58. The maximum absolute atomic E-state index is 12.8. The van der Waals surface area contributed by atoms with Crippen molar-refractivity contribution in [1.82, 2.24) is 0 Å². The highest BCUT2D eigenvalue weighted by atomic mass is 19.1. The summed E-state index contributed by atoms with van der Waals surface area (Å²) in [6.45, 7) is 5.15. The number of aryl methyl sites for hydroxylation is 1. The molecule has 0 spiro atoms. The van der Waals surface area contributed by atoms with Crippen LogP contribution < -0.4 is 0 Å². The molecule has 1 rings (SSSR count). The zero-order valence-corrected chi connectivity index (χ0v) is 6.89. The Morgan fingerprint density at radius 1 is 1.58 bits per heavy atom. The highest BCUT2D eigenvalue weighted by Gasteiger charge is 2.00. The van der Waals surface area contributed by atoms with Crippen molar-refractivity contribution >= 4 is 5.71 Å². The lowest BCUT2D eigenvalue weighted by Gasteiger charge is -2.00. The maximum Gasteiger partial charge on any atom is 0.126 e. The van der Waals surface area contributed by atoms with Crippen LogP contribution in [0, 0.1) is 18.2 Å². The van der Waals surface area contributed by atoms with Crippen LogP contribution in [-0.4, -0.2) is 5.71 Å². The number of nitrogens with one attached hydrogen (secondary N) is 1. The fraction of sp³-hybridized carbons (Fsp3) is 0.100. The van der Waals surface area contributed by atoms with Gasteiger partial charge in [-0.1, -0.05) is 6.58 Å². The average molecular weight is 163 g/mol. The molecule has 0 atom stereocenters. The second-order valence-electron chi connectivity index (χ2n) is 2.58. The second kappa shape index (κ2) is 3.30. The Hall–Kier alpha value is -1.44. The number of rotatable bonds is 2. The first-order chi connectivity index (χ1) is 5.65. The van der Waals surface area contributed by atoms with Gasteiger partial charge in [0, 0.05) is 0 Å². The smallest absolute Gasteiger partial charge is 0.126 e. The molecule has 1 aromatic rings. The summed E-state index contributed by atoms with van der Waals surface area (Å²) in [5.74, 6) is -0.240. The van der Waals surface area contributed by atoms with Gasteiger partial charge >= 0.3 is 0 Å². The van der Waals surface area contributed by atoms with Gasteiger partial charge in [0.1, 0.15) is 5.82 Å². The van der Waals surface area contributed by atoms with Crippen LogP contribution in [0.25, 0.3) is 0 Å². The third-order valence-electron chi connectivity index (χ3n) is 1.67. The van der Waals surface area contributed by atoms with Crippen LogP contribution in [0.2, 0.25) is 0 Å². The van der Waals surface area contributed by atoms with Crippen LogP contribution in [0.15, 0.2) is 30.9 Å². The summed E-state index contributed by atoms with van der Waals surface area (Å²) in [4.78, 5) is 0. The minimum Gasteiger partial charge on any atom is -0.300 e. The van der Waals surface area contributed by atoms with E-state index in [1.807, 2.05) is 0 Å². The van der Waals surface area contributed by atoms with E-state index in [4.69, 9.17) is 5.41 Å². The van der Waals surface area contributed by atoms with Gasteiger partial charge in [0.25, 0.3) is 0 Å². The summed E-state index contributed by atoms with van der Waals surface area (Å²) in [6, 6.07) is 4.58. The number of benzene rings is 1. The number of halogens is 1. The van der Waals surface area contributed by atoms with Gasteiger partial charge in [0.15, 0.2) is 0 Å². The minimum atomic E-state index is -0.240. The van der Waals surface area contributed by atoms with Gasteiger partial charge in [0.2, 0.25) is 0 Å². The minimum absolute atomic E-state index is 0.240. The monoisotopic (exact) mass is 163 g/mol. The van der Waals surface area contributed by atoms with Gasteiger partial charge in [-0.25, -0.2) is 4.39 Å². The molecule has 0 saturated heterocycles. The molecule has 2 heteroatoms. The summed E-state index contributed by atoms with van der Waals surface area (Å²) < 4.78 is 12.8. The topological polar surface area (TPSA) is 23.9 Å². The Morgan fingerprint density at radius 2 is 2.25 bits per heavy atom. The van der Waals surface area contributed by atoms with E-state index < -0.39 is 0 Å². The van der Waals surface area contributed by atoms with Gasteiger partial charge in [0.05, 0.1) is 5.71 Å². The number of hydrogen-bond acceptors (Lipinski definition) is 1. The van der Waals surface area contributed by atoms with E-state index in [1.54, 1.807) is 19.1 Å². The molecule has 0 aliphatic rings. The van der Waals surface area contributed by atoms with Crippen molar-refractivity contribution in [3.05, 3.63) is 47.8 Å². The van der Waals surface area contributed by atoms with E-state index >= 15 is 0 Å². The SMILES string of the molecule is C=CC(=N)c1ccc(F)c(C)c1. The first-order valence-electron chi connectivity index (χ1n) is 3.62. The Labute approximate surface area is 71.1 Å². The Bertz CT molecular complexity index is 329. The third kappa shape index (κ3) is 1.59. The predicted octanol–water partition coefficient (Wildman–Crippen LogP) is 2.69. The number of hydrogen-bond donors (Lipinski definition) is 1. The molecule has 0 bridgehead atoms. The van der Waals surface area contributed by atoms with Crippen molar-refractivity contribution in [2.45, 2.75) is 6.92 Å². The van der Waals surface area contributed by atoms with Gasteiger partial charge in [-0.2, -0.15) is 0 Å². The van der Waals surface area contributed by atoms with Crippen molar-refractivity contribution in [1.29, 1.82) is 5.41 Å². The quantitative estimate of drug-likeness (QED) is 0.648. The summed E-state index contributed by atoms with van der Waals surface area (Å²) >= 11 is 0. The van der Waals surface area contributed by atoms with Crippen molar-refractivity contribution in [2.24, 2.45) is 0 Å². The largest absolute Gasteiger partial charge is 0.300 e. The van der Waals surface area contributed by atoms with Crippen LogP contribution in [-0.2, 0) is 0 Å². The van der Waals surface area contributed by atoms with Crippen LogP contribution in [0.4, 0.5) is 4.39 Å². The molecule has 0 radical (unpaired) electrons. The molecule has 0 aliphatic heterocycles. The predicted molar refractivity (Wildman–Crippen MR) is 48.2 cm³/mol. The first-order valence-corrected chi connectivity index (χ1v) is 3.62. The fourth-order valence-electron chi connectivity index (χ4n) is 0.930. The average Bonchev–Trinajstić information content (AvgIpc) is 2.08. The zero-order chi connectivity index (χ0) is 9.14. The first kappa shape index (κ1) is 8.65. The normalized spacial score (nSPS) is 9.50. The summed E-state index contributed by atoms with van der Waals surface area (Å²) in [5.41, 5.74) is 1.57. The third-order valence-corrected chi connectivity index (χ3v) is 1.67. The molecule has 0 amide bonds. The van der Waals surface area contributed by atoms with E-state index in [-0.39, 0.29) is 5.82 Å². The molecule has 62 valence electrons. The molecular formula is C10H10FN. The molecule has 0 unspecified atom stereocenters. The van der Waals surface area contributed by atoms with E-state index in [9.17, 15) is 4.39 Å². The van der Waals surface area contributed by atoms with Crippen molar-refractivity contribution in [3.8, 4) is 0 Å². The molecule has 0 saturated carbocycles. The highest BCUT2D eigenvalue weighted by Crippen LogP contribution is 2.09. The van der Waals surface area contributed by atoms with Gasteiger partial charge in [-0.3, -0.25) is 0 Å². The summed E-state index contributed by atoms with van der Waals surface area (Å²) in [5, 5.41) is 7.41. The fourth-order valence-corrected chi connectivity index (χ4v) is 0.930. The van der Waals surface area contributed by atoms with Crippen LogP contribution in [0.3, 0.4) is 0 Å².